The lowest BCUT2D eigenvalue weighted by molar-refractivity contribution is -0.318. The molecule has 1 saturated heterocycles. The smallest absolute Gasteiger partial charge is 0.137 e. The molecule has 2 heterocycles. The van der Waals surface area contributed by atoms with Crippen LogP contribution in [0.3, 0.4) is 0 Å². The van der Waals surface area contributed by atoms with Crippen LogP contribution in [-0.4, -0.2) is 20.9 Å². The number of nitrogens with zero attached hydrogens (tertiary/aromatic N) is 3. The summed E-state index contributed by atoms with van der Waals surface area (Å²) in [5, 5.41) is 4.08. The SMILES string of the molecule is CC1OC(Cn2cncn2)(c2ccc(F)cc2F)C1(C)C. The van der Waals surface area contributed by atoms with Gasteiger partial charge in [0.25, 0.3) is 0 Å². The maximum Gasteiger partial charge on any atom is 0.137 e. The van der Waals surface area contributed by atoms with Gasteiger partial charge in [-0.2, -0.15) is 5.10 Å². The quantitative estimate of drug-likeness (QED) is 0.873. The Hall–Kier alpha value is -1.82. The fraction of sp³-hybridized carbons (Fsp3) is 0.467. The van der Waals surface area contributed by atoms with Gasteiger partial charge in [0.2, 0.25) is 0 Å². The molecule has 0 radical (unpaired) electrons. The van der Waals surface area contributed by atoms with Crippen LogP contribution >= 0.6 is 0 Å². The minimum absolute atomic E-state index is 0.0366. The third kappa shape index (κ3) is 1.97. The Labute approximate surface area is 121 Å². The molecule has 112 valence electrons. The summed E-state index contributed by atoms with van der Waals surface area (Å²) in [6, 6.07) is 3.60. The molecule has 3 rings (SSSR count). The van der Waals surface area contributed by atoms with Crippen molar-refractivity contribution < 1.29 is 13.5 Å². The van der Waals surface area contributed by atoms with E-state index in [2.05, 4.69) is 10.1 Å². The Bertz CT molecular complexity index is 657. The standard InChI is InChI=1S/C15H17F2N3O/c1-10-14(2,3)15(21-10,7-20-9-18-8-19-20)12-5-4-11(16)6-13(12)17/h4-6,8-10H,7H2,1-3H3. The predicted octanol–water partition coefficient (Wildman–Crippen LogP) is 2.90. The maximum absolute atomic E-state index is 14.3. The van der Waals surface area contributed by atoms with Crippen molar-refractivity contribution in [3.05, 3.63) is 48.1 Å². The van der Waals surface area contributed by atoms with E-state index in [-0.39, 0.29) is 11.5 Å². The van der Waals surface area contributed by atoms with Gasteiger partial charge in [-0.3, -0.25) is 0 Å². The van der Waals surface area contributed by atoms with Crippen molar-refractivity contribution in [3.8, 4) is 0 Å². The first-order chi connectivity index (χ1) is 9.87. The molecule has 1 fully saturated rings. The first-order valence-corrected chi connectivity index (χ1v) is 6.82. The van der Waals surface area contributed by atoms with Crippen LogP contribution in [0.25, 0.3) is 0 Å². The number of hydrogen-bond donors (Lipinski definition) is 0. The summed E-state index contributed by atoms with van der Waals surface area (Å²) in [6.07, 6.45) is 2.94. The Morgan fingerprint density at radius 3 is 2.62 bits per heavy atom. The first-order valence-electron chi connectivity index (χ1n) is 6.82. The van der Waals surface area contributed by atoms with Crippen LogP contribution in [0.4, 0.5) is 8.78 Å². The van der Waals surface area contributed by atoms with Crippen molar-refractivity contribution >= 4 is 0 Å². The highest BCUT2D eigenvalue weighted by Crippen LogP contribution is 2.57. The molecule has 2 atom stereocenters. The maximum atomic E-state index is 14.3. The molecule has 2 unspecified atom stereocenters. The van der Waals surface area contributed by atoms with Gasteiger partial charge in [0.15, 0.2) is 0 Å². The number of benzene rings is 1. The van der Waals surface area contributed by atoms with Crippen LogP contribution in [0.5, 0.6) is 0 Å². The number of aromatic nitrogens is 3. The highest BCUT2D eigenvalue weighted by molar-refractivity contribution is 5.31. The molecule has 0 bridgehead atoms. The summed E-state index contributed by atoms with van der Waals surface area (Å²) in [5.74, 6) is -1.20. The van der Waals surface area contributed by atoms with Gasteiger partial charge in [0.05, 0.1) is 12.6 Å². The Balaban J connectivity index is 2.09. The summed E-state index contributed by atoms with van der Waals surface area (Å²) >= 11 is 0. The van der Waals surface area contributed by atoms with Gasteiger partial charge in [-0.1, -0.05) is 19.9 Å². The Kier molecular flexibility index (Phi) is 3.09. The molecule has 0 N–H and O–H groups in total. The van der Waals surface area contributed by atoms with Crippen molar-refractivity contribution in [2.75, 3.05) is 0 Å². The monoisotopic (exact) mass is 293 g/mol. The molecule has 1 aromatic heterocycles. The zero-order valence-corrected chi connectivity index (χ0v) is 12.2. The van der Waals surface area contributed by atoms with Gasteiger partial charge < -0.3 is 4.74 Å². The van der Waals surface area contributed by atoms with Gasteiger partial charge >= 0.3 is 0 Å². The molecule has 0 saturated carbocycles. The van der Waals surface area contributed by atoms with E-state index in [1.807, 2.05) is 20.8 Å². The summed E-state index contributed by atoms with van der Waals surface area (Å²) < 4.78 is 35.1. The van der Waals surface area contributed by atoms with E-state index < -0.39 is 17.2 Å². The van der Waals surface area contributed by atoms with Crippen LogP contribution in [0, 0.1) is 17.0 Å². The van der Waals surface area contributed by atoms with Crippen LogP contribution in [0.1, 0.15) is 26.3 Å². The van der Waals surface area contributed by atoms with Crippen molar-refractivity contribution in [1.29, 1.82) is 0 Å². The second-order valence-electron chi connectivity index (χ2n) is 6.03. The molecule has 0 amide bonds. The van der Waals surface area contributed by atoms with Crippen LogP contribution < -0.4 is 0 Å². The van der Waals surface area contributed by atoms with Crippen molar-refractivity contribution in [1.82, 2.24) is 14.8 Å². The lowest BCUT2D eigenvalue weighted by Crippen LogP contribution is -2.65. The number of rotatable bonds is 3. The van der Waals surface area contributed by atoms with E-state index in [1.165, 1.54) is 18.5 Å². The summed E-state index contributed by atoms with van der Waals surface area (Å²) in [6.45, 7) is 6.30. The fourth-order valence-electron chi connectivity index (χ4n) is 2.97. The molecule has 0 aliphatic carbocycles. The largest absolute Gasteiger partial charge is 0.364 e. The molecule has 1 aromatic carbocycles. The van der Waals surface area contributed by atoms with Crippen molar-refractivity contribution in [2.24, 2.45) is 5.41 Å². The Morgan fingerprint density at radius 1 is 1.33 bits per heavy atom. The van der Waals surface area contributed by atoms with Crippen LogP contribution in [0.15, 0.2) is 30.9 Å². The minimum Gasteiger partial charge on any atom is -0.364 e. The average Bonchev–Trinajstić information content (AvgIpc) is 2.91. The van der Waals surface area contributed by atoms with E-state index in [4.69, 9.17) is 4.74 Å². The van der Waals surface area contributed by atoms with E-state index in [0.717, 1.165) is 6.07 Å². The summed E-state index contributed by atoms with van der Waals surface area (Å²) in [7, 11) is 0. The van der Waals surface area contributed by atoms with E-state index in [9.17, 15) is 8.78 Å². The summed E-state index contributed by atoms with van der Waals surface area (Å²) in [4.78, 5) is 3.90. The van der Waals surface area contributed by atoms with Crippen molar-refractivity contribution in [3.63, 3.8) is 0 Å². The molecule has 4 nitrogen and oxygen atoms in total. The van der Waals surface area contributed by atoms with Crippen LogP contribution in [0.2, 0.25) is 0 Å². The normalized spacial score (nSPS) is 27.4. The zero-order chi connectivity index (χ0) is 15.3. The highest BCUT2D eigenvalue weighted by atomic mass is 19.1. The van der Waals surface area contributed by atoms with Gasteiger partial charge in [0, 0.05) is 17.0 Å². The average molecular weight is 293 g/mol. The molecule has 1 aliphatic heterocycles. The molecule has 21 heavy (non-hydrogen) atoms. The lowest BCUT2D eigenvalue weighted by atomic mass is 9.62. The molecular weight excluding hydrogens is 276 g/mol. The fourth-order valence-corrected chi connectivity index (χ4v) is 2.97. The molecule has 6 heteroatoms. The lowest BCUT2D eigenvalue weighted by Gasteiger charge is -2.60. The van der Waals surface area contributed by atoms with Crippen molar-refractivity contribution in [2.45, 2.75) is 39.0 Å². The highest BCUT2D eigenvalue weighted by Gasteiger charge is 2.62. The number of hydrogen-bond acceptors (Lipinski definition) is 3. The molecule has 1 aliphatic rings. The number of ether oxygens (including phenoxy) is 1. The third-order valence-electron chi connectivity index (χ3n) is 4.65. The first kappa shape index (κ1) is 14.1. The second kappa shape index (κ2) is 4.59. The van der Waals surface area contributed by atoms with Gasteiger partial charge in [-0.15, -0.1) is 0 Å². The number of halogens is 2. The van der Waals surface area contributed by atoms with E-state index >= 15 is 0 Å². The second-order valence-corrected chi connectivity index (χ2v) is 6.03. The zero-order valence-electron chi connectivity index (χ0n) is 12.2. The van der Waals surface area contributed by atoms with E-state index in [1.54, 1.807) is 11.0 Å². The summed E-state index contributed by atoms with van der Waals surface area (Å²) in [5.41, 5.74) is -0.863. The third-order valence-corrected chi connectivity index (χ3v) is 4.65. The van der Waals surface area contributed by atoms with Crippen LogP contribution in [-0.2, 0) is 16.9 Å². The van der Waals surface area contributed by atoms with E-state index in [0.29, 0.717) is 12.1 Å². The minimum atomic E-state index is -0.891. The molecule has 0 spiro atoms. The topological polar surface area (TPSA) is 39.9 Å². The van der Waals surface area contributed by atoms with Gasteiger partial charge in [-0.05, 0) is 13.0 Å². The Morgan fingerprint density at radius 2 is 2.10 bits per heavy atom. The predicted molar refractivity (Wildman–Crippen MR) is 72.4 cm³/mol. The van der Waals surface area contributed by atoms with Gasteiger partial charge in [-0.25, -0.2) is 18.4 Å². The molecular formula is C15H17F2N3O. The van der Waals surface area contributed by atoms with Gasteiger partial charge in [0.1, 0.15) is 29.9 Å². The molecule has 2 aromatic rings.